The van der Waals surface area contributed by atoms with E-state index in [1.165, 1.54) is 13.0 Å². The van der Waals surface area contributed by atoms with Crippen LogP contribution in [0.4, 0.5) is 5.69 Å². The number of hydrogen-bond donors (Lipinski definition) is 3. The lowest BCUT2D eigenvalue weighted by atomic mass is 10.1. The van der Waals surface area contributed by atoms with Crippen molar-refractivity contribution in [3.8, 4) is 0 Å². The van der Waals surface area contributed by atoms with Gasteiger partial charge in [0, 0.05) is 11.5 Å². The Bertz CT molecular complexity index is 901. The maximum atomic E-state index is 11.6. The fraction of sp³-hybridized carbons (Fsp3) is 0.143. The van der Waals surface area contributed by atoms with E-state index in [0.717, 1.165) is 10.9 Å². The number of amides is 1. The number of halogens is 1. The van der Waals surface area contributed by atoms with Gasteiger partial charge in [0.15, 0.2) is 5.70 Å². The second kappa shape index (κ2) is 6.96. The highest BCUT2D eigenvalue weighted by Crippen LogP contribution is 2.31. The van der Waals surface area contributed by atoms with Gasteiger partial charge in [-0.05, 0) is 31.5 Å². The molecular weight excluding hydrogens is 335 g/mol. The van der Waals surface area contributed by atoms with Crippen LogP contribution >= 0.6 is 11.6 Å². The Morgan fingerprint density at radius 2 is 2.09 bits per heavy atom. The summed E-state index contributed by atoms with van der Waals surface area (Å²) in [6, 6.07) is 4.68. The first-order valence-corrected chi connectivity index (χ1v) is 7.44. The van der Waals surface area contributed by atoms with Crippen molar-refractivity contribution >= 4 is 50.6 Å². The standard InChI is InChI=1S/C14H13ClN4O3.Al/c1-6-3-12(21)17-10-5-11(9(15)4-8(6)10)18-19-13(7(2)20)14(16)22;/h3-5H,1-2H3,(H4,16,17,18,20,21,22);/q;+1/p-1. The SMILES string of the molecule is CC(O)=C(N=Nc1cc2[nH]c(=O)cc(C)c2cc1Cl)C(=O)[NH][Al]. The van der Waals surface area contributed by atoms with Crippen LogP contribution in [-0.4, -0.2) is 32.5 Å². The number of nitrogens with one attached hydrogen (secondary N) is 2. The molecule has 1 aromatic heterocycles. The van der Waals surface area contributed by atoms with Gasteiger partial charge in [0.05, 0.1) is 10.5 Å². The zero-order valence-electron chi connectivity index (χ0n) is 12.3. The zero-order chi connectivity index (χ0) is 17.1. The molecule has 2 radical (unpaired) electrons. The summed E-state index contributed by atoms with van der Waals surface area (Å²) in [7, 11) is 0. The van der Waals surface area contributed by atoms with Crippen molar-refractivity contribution in [3.63, 3.8) is 0 Å². The predicted molar refractivity (Wildman–Crippen MR) is 88.1 cm³/mol. The molecule has 0 aliphatic heterocycles. The Morgan fingerprint density at radius 3 is 2.70 bits per heavy atom. The van der Waals surface area contributed by atoms with Gasteiger partial charge in [0.25, 0.3) is 5.91 Å². The summed E-state index contributed by atoms with van der Waals surface area (Å²) in [5.41, 5.74) is 1.11. The molecule has 1 heterocycles. The van der Waals surface area contributed by atoms with Crippen LogP contribution in [0.3, 0.4) is 0 Å². The quantitative estimate of drug-likeness (QED) is 0.344. The first kappa shape index (κ1) is 17.2. The third kappa shape index (κ3) is 3.80. The average Bonchev–Trinajstić information content (AvgIpc) is 2.48. The molecule has 1 aromatic carbocycles. The molecule has 2 rings (SSSR count). The lowest BCUT2D eigenvalue weighted by Gasteiger charge is -2.05. The number of aromatic nitrogens is 1. The number of allylic oxidation sites excluding steroid dienone is 1. The first-order chi connectivity index (χ1) is 10.8. The van der Waals surface area contributed by atoms with Crippen LogP contribution in [0.5, 0.6) is 0 Å². The van der Waals surface area contributed by atoms with Crippen LogP contribution in [0.1, 0.15) is 12.5 Å². The van der Waals surface area contributed by atoms with Gasteiger partial charge < -0.3 is 14.4 Å². The minimum absolute atomic E-state index is 0.241. The molecule has 0 bridgehead atoms. The summed E-state index contributed by atoms with van der Waals surface area (Å²) in [5, 5.41) is 18.2. The Kier molecular flexibility index (Phi) is 5.21. The molecule has 23 heavy (non-hydrogen) atoms. The van der Waals surface area contributed by atoms with E-state index < -0.39 is 5.91 Å². The summed E-state index contributed by atoms with van der Waals surface area (Å²) in [5.74, 6) is -0.894. The summed E-state index contributed by atoms with van der Waals surface area (Å²) < 4.78 is 2.27. The molecule has 0 aliphatic rings. The number of benzene rings is 1. The molecule has 0 saturated carbocycles. The van der Waals surface area contributed by atoms with Gasteiger partial charge in [0.1, 0.15) is 11.4 Å². The van der Waals surface area contributed by atoms with Crippen LogP contribution in [0, 0.1) is 6.92 Å². The van der Waals surface area contributed by atoms with E-state index in [4.69, 9.17) is 11.6 Å². The number of nitrogens with zero attached hydrogens (tertiary/aromatic N) is 2. The Morgan fingerprint density at radius 1 is 1.39 bits per heavy atom. The number of aliphatic hydroxyl groups is 1. The lowest BCUT2D eigenvalue weighted by molar-refractivity contribution is -0.116. The number of aliphatic hydroxyl groups excluding tert-OH is 1. The van der Waals surface area contributed by atoms with Gasteiger partial charge in [-0.1, -0.05) is 11.6 Å². The van der Waals surface area contributed by atoms with E-state index >= 15 is 0 Å². The number of aromatic amines is 1. The molecule has 0 unspecified atom stereocenters. The highest BCUT2D eigenvalue weighted by molar-refractivity contribution is 6.33. The van der Waals surface area contributed by atoms with Crippen molar-refractivity contribution in [2.45, 2.75) is 13.8 Å². The minimum atomic E-state index is -0.611. The highest BCUT2D eigenvalue weighted by atomic mass is 35.5. The fourth-order valence-corrected chi connectivity index (χ4v) is 2.30. The number of pyridine rings is 1. The Hall–Kier alpha value is -2.14. The molecule has 7 nitrogen and oxygen atoms in total. The van der Waals surface area contributed by atoms with Crippen molar-refractivity contribution in [3.05, 3.63) is 50.6 Å². The molecular formula is C14H12AlClN4O3. The number of carbonyl (C=O) groups is 1. The molecule has 1 amide bonds. The summed E-state index contributed by atoms with van der Waals surface area (Å²) in [6.45, 7) is 3.12. The average molecular weight is 347 g/mol. The van der Waals surface area contributed by atoms with E-state index in [-0.39, 0.29) is 22.7 Å². The fourth-order valence-electron chi connectivity index (χ4n) is 1.97. The van der Waals surface area contributed by atoms with Crippen LogP contribution in [0.2, 0.25) is 5.02 Å². The second-order valence-electron chi connectivity index (χ2n) is 4.77. The third-order valence-corrected chi connectivity index (χ3v) is 3.63. The van der Waals surface area contributed by atoms with Crippen LogP contribution < -0.4 is 9.86 Å². The van der Waals surface area contributed by atoms with Gasteiger partial charge >= 0.3 is 16.5 Å². The molecule has 0 atom stereocenters. The third-order valence-electron chi connectivity index (χ3n) is 3.06. The Labute approximate surface area is 144 Å². The second-order valence-corrected chi connectivity index (χ2v) is 5.47. The van der Waals surface area contributed by atoms with E-state index in [9.17, 15) is 14.7 Å². The van der Waals surface area contributed by atoms with Gasteiger partial charge in [-0.2, -0.15) is 0 Å². The van der Waals surface area contributed by atoms with Crippen LogP contribution in [-0.2, 0) is 4.79 Å². The van der Waals surface area contributed by atoms with E-state index in [1.807, 2.05) is 16.5 Å². The van der Waals surface area contributed by atoms with Crippen molar-refractivity contribution in [1.29, 1.82) is 0 Å². The summed E-state index contributed by atoms with van der Waals surface area (Å²) in [6.07, 6.45) is 0. The van der Waals surface area contributed by atoms with Crippen molar-refractivity contribution in [2.75, 3.05) is 0 Å². The largest absolute Gasteiger partial charge is 0.510 e. The molecule has 116 valence electrons. The predicted octanol–water partition coefficient (Wildman–Crippen LogP) is 2.56. The summed E-state index contributed by atoms with van der Waals surface area (Å²) >= 11 is 8.17. The molecule has 9 heteroatoms. The van der Waals surface area contributed by atoms with E-state index in [0.29, 0.717) is 10.5 Å². The topological polar surface area (TPSA) is 107 Å². The first-order valence-electron chi connectivity index (χ1n) is 6.49. The molecule has 0 saturated heterocycles. The maximum absolute atomic E-state index is 11.6. The van der Waals surface area contributed by atoms with Gasteiger partial charge in [0.2, 0.25) is 5.56 Å². The van der Waals surface area contributed by atoms with Crippen molar-refractivity contribution in [2.24, 2.45) is 10.2 Å². The van der Waals surface area contributed by atoms with Crippen molar-refractivity contribution < 1.29 is 9.90 Å². The van der Waals surface area contributed by atoms with Crippen molar-refractivity contribution in [1.82, 2.24) is 9.28 Å². The highest BCUT2D eigenvalue weighted by Gasteiger charge is 2.11. The normalized spacial score (nSPS) is 12.5. The minimum Gasteiger partial charge on any atom is -0.510 e. The van der Waals surface area contributed by atoms with E-state index in [2.05, 4.69) is 19.5 Å². The number of rotatable bonds is 3. The molecule has 0 aliphatic carbocycles. The Balaban J connectivity index is 2.54. The number of H-pyrrole nitrogens is 1. The monoisotopic (exact) mass is 346 g/mol. The van der Waals surface area contributed by atoms with E-state index in [1.54, 1.807) is 19.1 Å². The lowest BCUT2D eigenvalue weighted by Crippen LogP contribution is -2.21. The number of carbonyl (C=O) groups excluding carboxylic acids is 1. The molecule has 0 spiro atoms. The maximum Gasteiger partial charge on any atom is 0.310 e. The van der Waals surface area contributed by atoms with Gasteiger partial charge in [-0.25, -0.2) is 0 Å². The van der Waals surface area contributed by atoms with Crippen LogP contribution in [0.15, 0.2) is 44.7 Å². The molecule has 3 N–H and O–H groups in total. The number of aryl methyl sites for hydroxylation is 1. The van der Waals surface area contributed by atoms with Gasteiger partial charge in [-0.3, -0.25) is 9.59 Å². The number of azo groups is 1. The molecule has 0 fully saturated rings. The number of hydrogen-bond acceptors (Lipinski definition) is 5. The smallest absolute Gasteiger partial charge is 0.310 e. The van der Waals surface area contributed by atoms with Crippen LogP contribution in [0.25, 0.3) is 10.9 Å². The number of fused-ring (bicyclic) bond motifs is 1. The molecule has 2 aromatic rings. The zero-order valence-corrected chi connectivity index (χ0v) is 14.3. The summed E-state index contributed by atoms with van der Waals surface area (Å²) in [4.78, 5) is 25.8. The van der Waals surface area contributed by atoms with Gasteiger partial charge in [-0.15, -0.1) is 10.2 Å².